The lowest BCUT2D eigenvalue weighted by molar-refractivity contribution is -0.136. The highest BCUT2D eigenvalue weighted by molar-refractivity contribution is 7.16. The van der Waals surface area contributed by atoms with E-state index in [1.807, 2.05) is 25.1 Å². The highest BCUT2D eigenvalue weighted by Crippen LogP contribution is 2.36. The molecular weight excluding hydrogens is 324 g/mol. The molecule has 0 bridgehead atoms. The summed E-state index contributed by atoms with van der Waals surface area (Å²) in [5, 5.41) is 10.2. The Morgan fingerprint density at radius 2 is 2.08 bits per heavy atom. The number of piperidine rings is 1. The first-order valence-corrected chi connectivity index (χ1v) is 9.01. The van der Waals surface area contributed by atoms with Crippen LogP contribution >= 0.6 is 11.3 Å². The minimum absolute atomic E-state index is 0.00626. The molecule has 0 amide bonds. The van der Waals surface area contributed by atoms with Crippen LogP contribution in [0.5, 0.6) is 5.75 Å². The summed E-state index contributed by atoms with van der Waals surface area (Å²) in [7, 11) is 1.64. The van der Waals surface area contributed by atoms with Gasteiger partial charge in [0.15, 0.2) is 5.13 Å². The van der Waals surface area contributed by atoms with Crippen LogP contribution in [0.25, 0.3) is 11.3 Å². The molecule has 0 spiro atoms. The van der Waals surface area contributed by atoms with Crippen molar-refractivity contribution < 1.29 is 14.6 Å². The van der Waals surface area contributed by atoms with Gasteiger partial charge in [-0.25, -0.2) is 4.98 Å². The SMILES string of the molecule is COc1ccc(-c2nc(N3CCCCC3)sc2CC(=O)O)c(C)c1. The first kappa shape index (κ1) is 16.8. The Morgan fingerprint density at radius 3 is 2.71 bits per heavy atom. The highest BCUT2D eigenvalue weighted by atomic mass is 32.1. The Balaban J connectivity index is 2.01. The summed E-state index contributed by atoms with van der Waals surface area (Å²) in [6.07, 6.45) is 3.61. The lowest BCUT2D eigenvalue weighted by atomic mass is 10.0. The predicted octanol–water partition coefficient (Wildman–Crippen LogP) is 3.74. The molecule has 6 heteroatoms. The van der Waals surface area contributed by atoms with Crippen LogP contribution in [-0.4, -0.2) is 36.3 Å². The first-order chi connectivity index (χ1) is 11.6. The molecule has 3 rings (SSSR count). The molecule has 128 valence electrons. The van der Waals surface area contributed by atoms with Crippen LogP contribution in [0.4, 0.5) is 5.13 Å². The molecule has 0 saturated carbocycles. The van der Waals surface area contributed by atoms with Gasteiger partial charge < -0.3 is 14.7 Å². The van der Waals surface area contributed by atoms with Crippen molar-refractivity contribution in [3.63, 3.8) is 0 Å². The van der Waals surface area contributed by atoms with E-state index >= 15 is 0 Å². The zero-order valence-electron chi connectivity index (χ0n) is 14.0. The Kier molecular flexibility index (Phi) is 5.04. The van der Waals surface area contributed by atoms with Crippen molar-refractivity contribution >= 4 is 22.4 Å². The van der Waals surface area contributed by atoms with Crippen molar-refractivity contribution in [3.8, 4) is 17.0 Å². The molecule has 0 atom stereocenters. The molecule has 1 aromatic carbocycles. The molecule has 2 heterocycles. The fourth-order valence-corrected chi connectivity index (χ4v) is 4.17. The largest absolute Gasteiger partial charge is 0.497 e. The molecule has 1 fully saturated rings. The van der Waals surface area contributed by atoms with E-state index in [1.165, 1.54) is 30.6 Å². The second kappa shape index (κ2) is 7.21. The lowest BCUT2D eigenvalue weighted by Crippen LogP contribution is -2.29. The van der Waals surface area contributed by atoms with Crippen LogP contribution in [0.15, 0.2) is 18.2 Å². The lowest BCUT2D eigenvalue weighted by Gasteiger charge is -2.25. The molecule has 1 aliphatic rings. The van der Waals surface area contributed by atoms with Crippen LogP contribution in [0.2, 0.25) is 0 Å². The highest BCUT2D eigenvalue weighted by Gasteiger charge is 2.21. The van der Waals surface area contributed by atoms with E-state index in [0.29, 0.717) is 0 Å². The molecular formula is C18H22N2O3S. The van der Waals surface area contributed by atoms with E-state index in [0.717, 1.165) is 45.7 Å². The van der Waals surface area contributed by atoms with Crippen LogP contribution in [-0.2, 0) is 11.2 Å². The van der Waals surface area contributed by atoms with Gasteiger partial charge in [-0.1, -0.05) is 0 Å². The van der Waals surface area contributed by atoms with Gasteiger partial charge in [0.25, 0.3) is 0 Å². The third-order valence-corrected chi connectivity index (χ3v) is 5.43. The van der Waals surface area contributed by atoms with Gasteiger partial charge in [-0.3, -0.25) is 4.79 Å². The minimum atomic E-state index is -0.823. The second-order valence-electron chi connectivity index (χ2n) is 6.07. The van der Waals surface area contributed by atoms with Gasteiger partial charge >= 0.3 is 5.97 Å². The fourth-order valence-electron chi connectivity index (χ4n) is 3.06. The molecule has 0 aliphatic carbocycles. The molecule has 0 radical (unpaired) electrons. The molecule has 1 saturated heterocycles. The number of aromatic nitrogens is 1. The van der Waals surface area contributed by atoms with Gasteiger partial charge in [-0.05, 0) is 49.9 Å². The minimum Gasteiger partial charge on any atom is -0.497 e. The number of methoxy groups -OCH3 is 1. The summed E-state index contributed by atoms with van der Waals surface area (Å²) in [4.78, 5) is 19.2. The van der Waals surface area contributed by atoms with Gasteiger partial charge in [0, 0.05) is 23.5 Å². The topological polar surface area (TPSA) is 62.7 Å². The molecule has 0 unspecified atom stereocenters. The van der Waals surface area contributed by atoms with Gasteiger partial charge in [0.1, 0.15) is 5.75 Å². The van der Waals surface area contributed by atoms with E-state index in [1.54, 1.807) is 7.11 Å². The molecule has 5 nitrogen and oxygen atoms in total. The number of carbonyl (C=O) groups is 1. The van der Waals surface area contributed by atoms with Gasteiger partial charge in [-0.15, -0.1) is 11.3 Å². The number of hydrogen-bond donors (Lipinski definition) is 1. The van der Waals surface area contributed by atoms with E-state index in [4.69, 9.17) is 9.72 Å². The maximum Gasteiger partial charge on any atom is 0.308 e. The number of carboxylic acids is 1. The zero-order chi connectivity index (χ0) is 17.1. The quantitative estimate of drug-likeness (QED) is 0.893. The van der Waals surface area contributed by atoms with E-state index in [2.05, 4.69) is 4.90 Å². The second-order valence-corrected chi connectivity index (χ2v) is 7.13. The van der Waals surface area contributed by atoms with E-state index in [-0.39, 0.29) is 6.42 Å². The molecule has 1 N–H and O–H groups in total. The summed E-state index contributed by atoms with van der Waals surface area (Å²) in [5.74, 6) is -0.0289. The smallest absolute Gasteiger partial charge is 0.308 e. The first-order valence-electron chi connectivity index (χ1n) is 8.20. The van der Waals surface area contributed by atoms with Crippen molar-refractivity contribution in [3.05, 3.63) is 28.6 Å². The van der Waals surface area contributed by atoms with Gasteiger partial charge in [0.05, 0.1) is 19.2 Å². The van der Waals surface area contributed by atoms with E-state index in [9.17, 15) is 9.90 Å². The number of aryl methyl sites for hydroxylation is 1. The van der Waals surface area contributed by atoms with Crippen molar-refractivity contribution in [1.29, 1.82) is 0 Å². The number of ether oxygens (including phenoxy) is 1. The molecule has 1 aliphatic heterocycles. The summed E-state index contributed by atoms with van der Waals surface area (Å²) in [5.41, 5.74) is 2.81. The standard InChI is InChI=1S/C18H22N2O3S/c1-12-10-13(23-2)6-7-14(12)17-15(11-16(21)22)24-18(19-17)20-8-4-3-5-9-20/h6-7,10H,3-5,8-9,11H2,1-2H3,(H,21,22). The van der Waals surface area contributed by atoms with Crippen LogP contribution in [0, 0.1) is 6.92 Å². The Hall–Kier alpha value is -2.08. The van der Waals surface area contributed by atoms with Crippen LogP contribution in [0.3, 0.4) is 0 Å². The summed E-state index contributed by atoms with van der Waals surface area (Å²) >= 11 is 1.51. The molecule has 24 heavy (non-hydrogen) atoms. The Morgan fingerprint density at radius 1 is 1.33 bits per heavy atom. The van der Waals surface area contributed by atoms with Crippen molar-refractivity contribution in [2.45, 2.75) is 32.6 Å². The third-order valence-electron chi connectivity index (χ3n) is 4.31. The fraction of sp³-hybridized carbons (Fsp3) is 0.444. The number of anilines is 1. The number of benzene rings is 1. The average molecular weight is 346 g/mol. The maximum absolute atomic E-state index is 11.3. The van der Waals surface area contributed by atoms with Gasteiger partial charge in [0.2, 0.25) is 0 Å². The molecule has 2 aromatic rings. The predicted molar refractivity (Wildman–Crippen MR) is 96.2 cm³/mol. The number of nitrogens with zero attached hydrogens (tertiary/aromatic N) is 2. The number of thiazole rings is 1. The Bertz CT molecular complexity index is 736. The van der Waals surface area contributed by atoms with Gasteiger partial charge in [-0.2, -0.15) is 0 Å². The summed E-state index contributed by atoms with van der Waals surface area (Å²) < 4.78 is 5.26. The average Bonchev–Trinajstić information content (AvgIpc) is 2.98. The number of aliphatic carboxylic acids is 1. The maximum atomic E-state index is 11.3. The van der Waals surface area contributed by atoms with Crippen molar-refractivity contribution in [2.75, 3.05) is 25.1 Å². The van der Waals surface area contributed by atoms with Crippen molar-refractivity contribution in [1.82, 2.24) is 4.98 Å². The number of rotatable bonds is 5. The van der Waals surface area contributed by atoms with Crippen LogP contribution < -0.4 is 9.64 Å². The van der Waals surface area contributed by atoms with E-state index < -0.39 is 5.97 Å². The zero-order valence-corrected chi connectivity index (χ0v) is 14.9. The van der Waals surface area contributed by atoms with Crippen molar-refractivity contribution in [2.24, 2.45) is 0 Å². The monoisotopic (exact) mass is 346 g/mol. The summed E-state index contributed by atoms with van der Waals surface area (Å²) in [6, 6.07) is 5.82. The third kappa shape index (κ3) is 3.53. The number of hydrogen-bond acceptors (Lipinski definition) is 5. The normalized spacial score (nSPS) is 14.7. The Labute approximate surface area is 145 Å². The molecule has 1 aromatic heterocycles. The number of carboxylic acid groups (broad SMARTS) is 1. The summed E-state index contributed by atoms with van der Waals surface area (Å²) in [6.45, 7) is 4.00. The van der Waals surface area contributed by atoms with Crippen LogP contribution in [0.1, 0.15) is 29.7 Å².